The Morgan fingerprint density at radius 1 is 1.29 bits per heavy atom. The Labute approximate surface area is 123 Å². The first-order chi connectivity index (χ1) is 10.1. The number of amides is 1. The number of halogens is 1. The molecule has 1 amide bonds. The zero-order valence-electron chi connectivity index (χ0n) is 11.8. The van der Waals surface area contributed by atoms with Gasteiger partial charge in [-0.25, -0.2) is 4.39 Å². The summed E-state index contributed by atoms with van der Waals surface area (Å²) < 4.78 is 13.8. The lowest BCUT2D eigenvalue weighted by Crippen LogP contribution is -2.40. The highest BCUT2D eigenvalue weighted by Crippen LogP contribution is 2.34. The van der Waals surface area contributed by atoms with Crippen LogP contribution >= 0.6 is 0 Å². The molecule has 0 spiro atoms. The highest BCUT2D eigenvalue weighted by Gasteiger charge is 2.30. The van der Waals surface area contributed by atoms with Gasteiger partial charge in [-0.1, -0.05) is 37.3 Å². The van der Waals surface area contributed by atoms with Gasteiger partial charge in [-0.3, -0.25) is 4.79 Å². The first-order valence-electron chi connectivity index (χ1n) is 6.99. The van der Waals surface area contributed by atoms with E-state index in [1.165, 1.54) is 6.07 Å². The Bertz CT molecular complexity index is 685. The summed E-state index contributed by atoms with van der Waals surface area (Å²) in [5.74, 6) is -0.573. The summed E-state index contributed by atoms with van der Waals surface area (Å²) in [5, 5.41) is 0. The number of carbonyl (C=O) groups is 1. The number of hydrogen-bond acceptors (Lipinski definition) is 2. The Morgan fingerprint density at radius 3 is 2.71 bits per heavy atom. The molecule has 3 rings (SSSR count). The van der Waals surface area contributed by atoms with Crippen molar-refractivity contribution in [1.29, 1.82) is 0 Å². The number of carbonyl (C=O) groups excluding carboxylic acids is 1. The van der Waals surface area contributed by atoms with Crippen LogP contribution in [0.1, 0.15) is 18.1 Å². The quantitative estimate of drug-likeness (QED) is 0.861. The predicted molar refractivity (Wildman–Crippen MR) is 81.3 cm³/mol. The highest BCUT2D eigenvalue weighted by atomic mass is 19.1. The van der Waals surface area contributed by atoms with Gasteiger partial charge in [0.05, 0.1) is 17.9 Å². The molecular weight excluding hydrogens is 267 g/mol. The topological polar surface area (TPSA) is 46.3 Å². The van der Waals surface area contributed by atoms with Crippen LogP contribution in [0.25, 0.3) is 0 Å². The van der Waals surface area contributed by atoms with Gasteiger partial charge in [0.1, 0.15) is 5.82 Å². The van der Waals surface area contributed by atoms with Gasteiger partial charge in [-0.15, -0.1) is 0 Å². The zero-order chi connectivity index (χ0) is 15.0. The van der Waals surface area contributed by atoms with Crippen molar-refractivity contribution in [3.8, 4) is 0 Å². The van der Waals surface area contributed by atoms with E-state index < -0.39 is 5.82 Å². The minimum atomic E-state index is -0.478. The van der Waals surface area contributed by atoms with E-state index in [9.17, 15) is 9.18 Å². The van der Waals surface area contributed by atoms with Crippen LogP contribution in [-0.2, 0) is 17.8 Å². The number of fused-ring (bicyclic) bond motifs is 1. The fraction of sp³-hybridized carbons (Fsp3) is 0.235. The molecule has 2 aromatic carbocycles. The van der Waals surface area contributed by atoms with Crippen molar-refractivity contribution in [2.24, 2.45) is 5.92 Å². The molecule has 21 heavy (non-hydrogen) atoms. The van der Waals surface area contributed by atoms with Crippen molar-refractivity contribution in [2.75, 3.05) is 10.6 Å². The Hall–Kier alpha value is -2.36. The maximum absolute atomic E-state index is 13.8. The number of nitrogen functional groups attached to an aromatic ring is 1. The van der Waals surface area contributed by atoms with Crippen LogP contribution in [0, 0.1) is 11.7 Å². The molecule has 1 aliphatic heterocycles. The first-order valence-corrected chi connectivity index (χ1v) is 6.99. The van der Waals surface area contributed by atoms with Gasteiger partial charge in [-0.05, 0) is 23.6 Å². The fourth-order valence-corrected chi connectivity index (χ4v) is 2.77. The summed E-state index contributed by atoms with van der Waals surface area (Å²) in [6.07, 6.45) is 0.601. The lowest BCUT2D eigenvalue weighted by Gasteiger charge is -2.33. The van der Waals surface area contributed by atoms with Crippen LogP contribution in [-0.4, -0.2) is 5.91 Å². The van der Waals surface area contributed by atoms with Gasteiger partial charge >= 0.3 is 0 Å². The molecule has 0 aliphatic carbocycles. The van der Waals surface area contributed by atoms with Gasteiger partial charge in [0.15, 0.2) is 0 Å². The van der Waals surface area contributed by atoms with E-state index in [0.29, 0.717) is 18.7 Å². The van der Waals surface area contributed by atoms with E-state index in [-0.39, 0.29) is 17.5 Å². The minimum Gasteiger partial charge on any atom is -0.396 e. The van der Waals surface area contributed by atoms with Crippen molar-refractivity contribution in [1.82, 2.24) is 0 Å². The SMILES string of the molecule is CC1Cc2cc(N)c(F)cc2N(Cc2ccccc2)C1=O. The van der Waals surface area contributed by atoms with Crippen LogP contribution < -0.4 is 10.6 Å². The average molecular weight is 284 g/mol. The lowest BCUT2D eigenvalue weighted by atomic mass is 9.92. The molecule has 0 saturated heterocycles. The van der Waals surface area contributed by atoms with Crippen LogP contribution in [0.15, 0.2) is 42.5 Å². The highest BCUT2D eigenvalue weighted by molar-refractivity contribution is 5.98. The Kier molecular flexibility index (Phi) is 3.37. The van der Waals surface area contributed by atoms with Crippen molar-refractivity contribution in [3.63, 3.8) is 0 Å². The first kappa shape index (κ1) is 13.6. The molecule has 108 valence electrons. The van der Waals surface area contributed by atoms with E-state index in [4.69, 9.17) is 5.73 Å². The van der Waals surface area contributed by atoms with E-state index in [1.54, 1.807) is 11.0 Å². The third-order valence-corrected chi connectivity index (χ3v) is 3.89. The smallest absolute Gasteiger partial charge is 0.230 e. The minimum absolute atomic E-state index is 0.0236. The van der Waals surface area contributed by atoms with Crippen LogP contribution in [0.4, 0.5) is 15.8 Å². The summed E-state index contributed by atoms with van der Waals surface area (Å²) >= 11 is 0. The number of nitrogens with two attached hydrogens (primary N) is 1. The van der Waals surface area contributed by atoms with Crippen molar-refractivity contribution in [3.05, 3.63) is 59.4 Å². The molecule has 1 heterocycles. The Balaban J connectivity index is 2.03. The molecule has 1 aliphatic rings. The number of nitrogens with zero attached hydrogens (tertiary/aromatic N) is 1. The van der Waals surface area contributed by atoms with E-state index in [1.807, 2.05) is 37.3 Å². The van der Waals surface area contributed by atoms with E-state index in [0.717, 1.165) is 11.1 Å². The molecule has 0 bridgehead atoms. The number of anilines is 2. The molecule has 0 aromatic heterocycles. The number of hydrogen-bond donors (Lipinski definition) is 1. The van der Waals surface area contributed by atoms with Gasteiger partial charge in [0, 0.05) is 12.0 Å². The molecule has 0 saturated carbocycles. The molecule has 4 heteroatoms. The monoisotopic (exact) mass is 284 g/mol. The summed E-state index contributed by atoms with van der Waals surface area (Å²) in [5.41, 5.74) is 8.36. The fourth-order valence-electron chi connectivity index (χ4n) is 2.77. The van der Waals surface area contributed by atoms with Crippen LogP contribution in [0.5, 0.6) is 0 Å². The summed E-state index contributed by atoms with van der Waals surface area (Å²) in [4.78, 5) is 14.1. The van der Waals surface area contributed by atoms with Gasteiger partial charge in [0.25, 0.3) is 0 Å². The second-order valence-corrected chi connectivity index (χ2v) is 5.52. The standard InChI is InChI=1S/C17H17FN2O/c1-11-7-13-8-15(19)14(18)9-16(13)20(17(11)21)10-12-5-3-2-4-6-12/h2-6,8-9,11H,7,10,19H2,1H3. The zero-order valence-corrected chi connectivity index (χ0v) is 11.8. The second kappa shape index (κ2) is 5.20. The molecule has 2 N–H and O–H groups in total. The molecular formula is C17H17FN2O. The molecule has 1 unspecified atom stereocenters. The average Bonchev–Trinajstić information content (AvgIpc) is 2.47. The lowest BCUT2D eigenvalue weighted by molar-refractivity contribution is -0.122. The number of benzene rings is 2. The largest absolute Gasteiger partial charge is 0.396 e. The summed E-state index contributed by atoms with van der Waals surface area (Å²) in [6.45, 7) is 2.34. The van der Waals surface area contributed by atoms with Gasteiger partial charge in [0.2, 0.25) is 5.91 Å². The van der Waals surface area contributed by atoms with Crippen molar-refractivity contribution in [2.45, 2.75) is 19.9 Å². The normalized spacial score (nSPS) is 17.7. The maximum atomic E-state index is 13.8. The summed E-state index contributed by atoms with van der Waals surface area (Å²) in [6, 6.07) is 12.7. The van der Waals surface area contributed by atoms with Crippen molar-refractivity contribution >= 4 is 17.3 Å². The molecule has 3 nitrogen and oxygen atoms in total. The van der Waals surface area contributed by atoms with Gasteiger partial charge < -0.3 is 10.6 Å². The van der Waals surface area contributed by atoms with E-state index in [2.05, 4.69) is 0 Å². The second-order valence-electron chi connectivity index (χ2n) is 5.52. The Morgan fingerprint density at radius 2 is 2.00 bits per heavy atom. The molecule has 0 fully saturated rings. The number of rotatable bonds is 2. The predicted octanol–water partition coefficient (Wildman–Crippen LogP) is 3.13. The van der Waals surface area contributed by atoms with Crippen LogP contribution in [0.2, 0.25) is 0 Å². The molecule has 2 aromatic rings. The third-order valence-electron chi connectivity index (χ3n) is 3.89. The van der Waals surface area contributed by atoms with Gasteiger partial charge in [-0.2, -0.15) is 0 Å². The molecule has 0 radical (unpaired) electrons. The van der Waals surface area contributed by atoms with E-state index >= 15 is 0 Å². The van der Waals surface area contributed by atoms with Crippen molar-refractivity contribution < 1.29 is 9.18 Å². The molecule has 1 atom stereocenters. The van der Waals surface area contributed by atoms with Crippen LogP contribution in [0.3, 0.4) is 0 Å². The summed E-state index contributed by atoms with van der Waals surface area (Å²) in [7, 11) is 0. The maximum Gasteiger partial charge on any atom is 0.230 e. The third kappa shape index (κ3) is 2.49.